The number of halogens is 1. The van der Waals surface area contributed by atoms with E-state index in [0.717, 1.165) is 15.7 Å². The molecule has 0 radical (unpaired) electrons. The number of nitrogens with zero attached hydrogens (tertiary/aromatic N) is 2. The molecule has 0 amide bonds. The van der Waals surface area contributed by atoms with E-state index in [9.17, 15) is 10.1 Å². The van der Waals surface area contributed by atoms with Crippen molar-refractivity contribution in [3.63, 3.8) is 0 Å². The average molecular weight is 414 g/mol. The van der Waals surface area contributed by atoms with Crippen LogP contribution in [0, 0.1) is 24.2 Å². The van der Waals surface area contributed by atoms with Crippen LogP contribution in [0.15, 0.2) is 51.1 Å². The fourth-order valence-corrected chi connectivity index (χ4v) is 3.71. The molecular weight excluding hydrogens is 394 g/mol. The minimum absolute atomic E-state index is 0.0467. The van der Waals surface area contributed by atoms with E-state index in [1.807, 2.05) is 37.3 Å². The highest BCUT2D eigenvalue weighted by atomic mass is 79.9. The average Bonchev–Trinajstić information content (AvgIpc) is 2.57. The molecule has 1 unspecified atom stereocenters. The number of aromatic nitrogens is 1. The first kappa shape index (κ1) is 18.3. The molecule has 0 fully saturated rings. The molecule has 1 aliphatic rings. The van der Waals surface area contributed by atoms with E-state index in [0.29, 0.717) is 23.8 Å². The van der Waals surface area contributed by atoms with Crippen molar-refractivity contribution >= 4 is 15.9 Å². The van der Waals surface area contributed by atoms with Gasteiger partial charge in [0.15, 0.2) is 0 Å². The largest absolute Gasteiger partial charge is 0.440 e. The first-order valence-electron chi connectivity index (χ1n) is 8.40. The molecule has 2 heterocycles. The number of rotatable bonds is 3. The fourth-order valence-electron chi connectivity index (χ4n) is 3.30. The summed E-state index contributed by atoms with van der Waals surface area (Å²) in [6.45, 7) is 6.60. The van der Waals surface area contributed by atoms with Crippen LogP contribution in [0.4, 0.5) is 0 Å². The quantitative estimate of drug-likeness (QED) is 0.829. The molecule has 3 rings (SSSR count). The summed E-state index contributed by atoms with van der Waals surface area (Å²) in [7, 11) is 0. The molecular formula is C20H20BrN3O2. The maximum atomic E-state index is 13.3. The molecule has 0 aliphatic carbocycles. The monoisotopic (exact) mass is 413 g/mol. The minimum atomic E-state index is -0.548. The second-order valence-electron chi connectivity index (χ2n) is 6.85. The molecule has 1 aromatic carbocycles. The van der Waals surface area contributed by atoms with Crippen molar-refractivity contribution in [3.8, 4) is 11.8 Å². The standard InChI is InChI=1S/C20H20BrN3O2/c1-11(2)10-24-12(3)7-16-18(20(24)25)17(15(9-22)19(23)26-16)13-5-4-6-14(21)8-13/h4-8,11,17H,10,23H2,1-3H3. The third-order valence-corrected chi connectivity index (χ3v) is 4.91. The van der Waals surface area contributed by atoms with E-state index in [1.165, 1.54) is 0 Å². The summed E-state index contributed by atoms with van der Waals surface area (Å²) in [5.74, 6) is 0.237. The van der Waals surface area contributed by atoms with Crippen LogP contribution in [-0.4, -0.2) is 4.57 Å². The molecule has 0 saturated heterocycles. The molecule has 0 saturated carbocycles. The van der Waals surface area contributed by atoms with E-state index in [1.54, 1.807) is 4.57 Å². The van der Waals surface area contributed by atoms with Gasteiger partial charge < -0.3 is 15.0 Å². The second kappa shape index (κ2) is 7.00. The summed E-state index contributed by atoms with van der Waals surface area (Å²) >= 11 is 3.46. The molecule has 1 atom stereocenters. The molecule has 1 aromatic heterocycles. The van der Waals surface area contributed by atoms with Gasteiger partial charge in [0, 0.05) is 22.8 Å². The Morgan fingerprint density at radius 3 is 2.73 bits per heavy atom. The number of nitriles is 1. The Bertz CT molecular complexity index is 999. The van der Waals surface area contributed by atoms with Crippen LogP contribution in [0.1, 0.15) is 36.6 Å². The second-order valence-corrected chi connectivity index (χ2v) is 7.77. The Morgan fingerprint density at radius 2 is 2.12 bits per heavy atom. The molecule has 134 valence electrons. The summed E-state index contributed by atoms with van der Waals surface area (Å²) in [5, 5.41) is 9.66. The van der Waals surface area contributed by atoms with Gasteiger partial charge >= 0.3 is 0 Å². The third kappa shape index (κ3) is 3.15. The number of benzene rings is 1. The van der Waals surface area contributed by atoms with E-state index in [4.69, 9.17) is 10.5 Å². The van der Waals surface area contributed by atoms with Gasteiger partial charge in [0.25, 0.3) is 5.56 Å². The number of fused-ring (bicyclic) bond motifs is 1. The van der Waals surface area contributed by atoms with Crippen LogP contribution in [0.25, 0.3) is 0 Å². The fraction of sp³-hybridized carbons (Fsp3) is 0.300. The number of ether oxygens (including phenoxy) is 1. The lowest BCUT2D eigenvalue weighted by molar-refractivity contribution is 0.386. The van der Waals surface area contributed by atoms with Gasteiger partial charge in [-0.25, -0.2) is 0 Å². The zero-order chi connectivity index (χ0) is 19.0. The van der Waals surface area contributed by atoms with Crippen molar-refractivity contribution in [2.24, 2.45) is 11.7 Å². The lowest BCUT2D eigenvalue weighted by atomic mass is 9.84. The predicted molar refractivity (Wildman–Crippen MR) is 104 cm³/mol. The zero-order valence-corrected chi connectivity index (χ0v) is 16.5. The van der Waals surface area contributed by atoms with Crippen LogP contribution in [0.3, 0.4) is 0 Å². The SMILES string of the molecule is Cc1cc2c(c(=O)n1CC(C)C)C(c1cccc(Br)c1)C(C#N)=C(N)O2. The topological polar surface area (TPSA) is 81.0 Å². The number of pyridine rings is 1. The van der Waals surface area contributed by atoms with Crippen LogP contribution in [0.5, 0.6) is 5.75 Å². The Hall–Kier alpha value is -2.52. The van der Waals surface area contributed by atoms with Gasteiger partial charge in [0.2, 0.25) is 5.88 Å². The van der Waals surface area contributed by atoms with Gasteiger partial charge in [-0.15, -0.1) is 0 Å². The molecule has 1 aliphatic heterocycles. The first-order chi connectivity index (χ1) is 12.3. The van der Waals surface area contributed by atoms with Gasteiger partial charge in [0.1, 0.15) is 17.4 Å². The van der Waals surface area contributed by atoms with Crippen molar-refractivity contribution in [2.75, 3.05) is 0 Å². The Balaban J connectivity index is 2.31. The zero-order valence-electron chi connectivity index (χ0n) is 14.9. The van der Waals surface area contributed by atoms with Crippen LogP contribution < -0.4 is 16.0 Å². The van der Waals surface area contributed by atoms with Gasteiger partial charge in [-0.3, -0.25) is 4.79 Å². The third-order valence-electron chi connectivity index (χ3n) is 4.42. The number of allylic oxidation sites excluding steroid dienone is 1. The Morgan fingerprint density at radius 1 is 1.38 bits per heavy atom. The van der Waals surface area contributed by atoms with Gasteiger partial charge in [-0.1, -0.05) is 41.9 Å². The number of hydrogen-bond acceptors (Lipinski definition) is 4. The molecule has 5 nitrogen and oxygen atoms in total. The van der Waals surface area contributed by atoms with Gasteiger partial charge in [0.05, 0.1) is 11.5 Å². The summed E-state index contributed by atoms with van der Waals surface area (Å²) in [6.07, 6.45) is 0. The smallest absolute Gasteiger partial charge is 0.258 e. The van der Waals surface area contributed by atoms with Crippen molar-refractivity contribution in [3.05, 3.63) is 73.4 Å². The maximum absolute atomic E-state index is 13.3. The molecule has 2 aromatic rings. The summed E-state index contributed by atoms with van der Waals surface area (Å²) in [4.78, 5) is 13.3. The van der Waals surface area contributed by atoms with E-state index >= 15 is 0 Å². The molecule has 2 N–H and O–H groups in total. The van der Waals surface area contributed by atoms with E-state index in [-0.39, 0.29) is 17.0 Å². The van der Waals surface area contributed by atoms with Crippen LogP contribution in [0.2, 0.25) is 0 Å². The van der Waals surface area contributed by atoms with Gasteiger partial charge in [-0.05, 0) is 30.5 Å². The van der Waals surface area contributed by atoms with E-state index < -0.39 is 5.92 Å². The normalized spacial score (nSPS) is 16.2. The molecule has 26 heavy (non-hydrogen) atoms. The maximum Gasteiger partial charge on any atom is 0.258 e. The molecule has 0 spiro atoms. The predicted octanol–water partition coefficient (Wildman–Crippen LogP) is 3.79. The van der Waals surface area contributed by atoms with Crippen molar-refractivity contribution < 1.29 is 4.74 Å². The first-order valence-corrected chi connectivity index (χ1v) is 9.20. The highest BCUT2D eigenvalue weighted by Gasteiger charge is 2.34. The van der Waals surface area contributed by atoms with Gasteiger partial charge in [-0.2, -0.15) is 5.26 Å². The molecule has 0 bridgehead atoms. The summed E-state index contributed by atoms with van der Waals surface area (Å²) in [6, 6.07) is 11.5. The Labute approximate surface area is 160 Å². The summed E-state index contributed by atoms with van der Waals surface area (Å²) < 4.78 is 8.26. The highest BCUT2D eigenvalue weighted by Crippen LogP contribution is 2.41. The lowest BCUT2D eigenvalue weighted by Crippen LogP contribution is -2.33. The number of aryl methyl sites for hydroxylation is 1. The highest BCUT2D eigenvalue weighted by molar-refractivity contribution is 9.10. The van der Waals surface area contributed by atoms with E-state index in [2.05, 4.69) is 35.8 Å². The lowest BCUT2D eigenvalue weighted by Gasteiger charge is -2.27. The minimum Gasteiger partial charge on any atom is -0.440 e. The number of nitrogens with two attached hydrogens (primary N) is 1. The van der Waals surface area contributed by atoms with Crippen molar-refractivity contribution in [1.82, 2.24) is 4.57 Å². The summed E-state index contributed by atoms with van der Waals surface area (Å²) in [5.41, 5.74) is 8.21. The molecule has 6 heteroatoms. The Kier molecular flexibility index (Phi) is 4.92. The van der Waals surface area contributed by atoms with Crippen molar-refractivity contribution in [2.45, 2.75) is 33.2 Å². The van der Waals surface area contributed by atoms with Crippen LogP contribution >= 0.6 is 15.9 Å². The van der Waals surface area contributed by atoms with Crippen molar-refractivity contribution in [1.29, 1.82) is 5.26 Å². The number of hydrogen-bond donors (Lipinski definition) is 1. The van der Waals surface area contributed by atoms with Crippen LogP contribution in [-0.2, 0) is 6.54 Å².